The van der Waals surface area contributed by atoms with Gasteiger partial charge in [0.25, 0.3) is 11.8 Å². The highest BCUT2D eigenvalue weighted by molar-refractivity contribution is 5.94. The average Bonchev–Trinajstić information content (AvgIpc) is 2.92. The number of nitrogens with one attached hydrogen (secondary N) is 1. The Balaban J connectivity index is 1.81. The van der Waals surface area contributed by atoms with E-state index in [1.54, 1.807) is 31.2 Å². The fraction of sp³-hybridized carbons (Fsp3) is 0.357. The molecule has 124 valence electrons. The number of alkyl halides is 3. The van der Waals surface area contributed by atoms with Gasteiger partial charge in [-0.1, -0.05) is 5.16 Å². The van der Waals surface area contributed by atoms with Crippen molar-refractivity contribution in [3.8, 4) is 11.5 Å². The van der Waals surface area contributed by atoms with Gasteiger partial charge in [-0.05, 0) is 31.2 Å². The summed E-state index contributed by atoms with van der Waals surface area (Å²) in [6, 6.07) is 6.39. The van der Waals surface area contributed by atoms with Crippen molar-refractivity contribution in [2.75, 3.05) is 19.8 Å². The summed E-state index contributed by atoms with van der Waals surface area (Å²) in [6.07, 6.45) is -4.37. The molecule has 0 radical (unpaired) electrons. The Bertz CT molecular complexity index is 653. The molecule has 1 aromatic heterocycles. The number of amides is 1. The SMILES string of the molecule is Cc1noc(-c2ccc(C(=O)NCCOCC(F)(F)F)cc2)n1. The lowest BCUT2D eigenvalue weighted by molar-refractivity contribution is -0.173. The van der Waals surface area contributed by atoms with Gasteiger partial charge < -0.3 is 14.6 Å². The fourth-order valence-corrected chi connectivity index (χ4v) is 1.71. The molecule has 2 aromatic rings. The van der Waals surface area contributed by atoms with Crippen molar-refractivity contribution in [3.63, 3.8) is 0 Å². The zero-order valence-corrected chi connectivity index (χ0v) is 12.2. The van der Waals surface area contributed by atoms with Crippen LogP contribution in [0, 0.1) is 6.92 Å². The molecule has 0 spiro atoms. The zero-order valence-electron chi connectivity index (χ0n) is 12.2. The standard InChI is InChI=1S/C14H14F3N3O3/c1-9-19-13(23-20-9)11-4-2-10(3-5-11)12(21)18-6-7-22-8-14(15,16)17/h2-5H,6-8H2,1H3,(H,18,21). The molecule has 0 aliphatic heterocycles. The Morgan fingerprint density at radius 3 is 2.57 bits per heavy atom. The second-order valence-corrected chi connectivity index (χ2v) is 4.65. The van der Waals surface area contributed by atoms with Gasteiger partial charge in [0.05, 0.1) is 6.61 Å². The summed E-state index contributed by atoms with van der Waals surface area (Å²) in [5.74, 6) is 0.435. The first-order chi connectivity index (χ1) is 10.8. The van der Waals surface area contributed by atoms with Crippen LogP contribution in [-0.4, -0.2) is 42.0 Å². The maximum Gasteiger partial charge on any atom is 0.411 e. The maximum atomic E-state index is 11.9. The van der Waals surface area contributed by atoms with Gasteiger partial charge in [-0.15, -0.1) is 0 Å². The van der Waals surface area contributed by atoms with E-state index in [1.807, 2.05) is 0 Å². The van der Waals surface area contributed by atoms with Crippen LogP contribution in [0.2, 0.25) is 0 Å². The molecule has 0 fully saturated rings. The van der Waals surface area contributed by atoms with E-state index in [1.165, 1.54) is 0 Å². The van der Waals surface area contributed by atoms with Gasteiger partial charge in [0.1, 0.15) is 6.61 Å². The Hall–Kier alpha value is -2.42. The molecule has 1 N–H and O–H groups in total. The van der Waals surface area contributed by atoms with Crippen LogP contribution in [0.4, 0.5) is 13.2 Å². The normalized spacial score (nSPS) is 11.5. The number of rotatable bonds is 6. The predicted octanol–water partition coefficient (Wildman–Crippen LogP) is 2.35. The van der Waals surface area contributed by atoms with Crippen molar-refractivity contribution in [2.24, 2.45) is 0 Å². The monoisotopic (exact) mass is 329 g/mol. The Kier molecular flexibility index (Phi) is 5.32. The van der Waals surface area contributed by atoms with E-state index < -0.39 is 18.7 Å². The zero-order chi connectivity index (χ0) is 16.9. The lowest BCUT2D eigenvalue weighted by atomic mass is 10.1. The van der Waals surface area contributed by atoms with Crippen molar-refractivity contribution in [1.82, 2.24) is 15.5 Å². The summed E-state index contributed by atoms with van der Waals surface area (Å²) in [4.78, 5) is 15.9. The molecular formula is C14H14F3N3O3. The van der Waals surface area contributed by atoms with Crippen molar-refractivity contribution in [1.29, 1.82) is 0 Å². The summed E-state index contributed by atoms with van der Waals surface area (Å²) in [5.41, 5.74) is 1.02. The van der Waals surface area contributed by atoms with Gasteiger partial charge in [-0.25, -0.2) is 0 Å². The fourth-order valence-electron chi connectivity index (χ4n) is 1.71. The van der Waals surface area contributed by atoms with Crippen molar-refractivity contribution in [3.05, 3.63) is 35.7 Å². The van der Waals surface area contributed by atoms with Crippen LogP contribution >= 0.6 is 0 Å². The Morgan fingerprint density at radius 2 is 2.00 bits per heavy atom. The summed E-state index contributed by atoms with van der Waals surface area (Å²) >= 11 is 0. The van der Waals surface area contributed by atoms with Gasteiger partial charge in [0.15, 0.2) is 5.82 Å². The van der Waals surface area contributed by atoms with Gasteiger partial charge in [-0.3, -0.25) is 4.79 Å². The third kappa shape index (κ3) is 5.37. The first-order valence-electron chi connectivity index (χ1n) is 6.68. The molecule has 6 nitrogen and oxygen atoms in total. The Labute approximate surface area is 129 Å². The van der Waals surface area contributed by atoms with Crippen LogP contribution in [0.1, 0.15) is 16.2 Å². The summed E-state index contributed by atoms with van der Waals surface area (Å²) in [5, 5.41) is 6.13. The second-order valence-electron chi connectivity index (χ2n) is 4.65. The number of nitrogens with zero attached hydrogens (tertiary/aromatic N) is 2. The minimum atomic E-state index is -4.37. The lowest BCUT2D eigenvalue weighted by Crippen LogP contribution is -2.28. The summed E-state index contributed by atoms with van der Waals surface area (Å²) in [7, 11) is 0. The van der Waals surface area contributed by atoms with E-state index in [-0.39, 0.29) is 13.2 Å². The highest BCUT2D eigenvalue weighted by atomic mass is 19.4. The van der Waals surface area contributed by atoms with Crippen LogP contribution < -0.4 is 5.32 Å². The minimum absolute atomic E-state index is 0.0144. The first kappa shape index (κ1) is 16.9. The number of carbonyl (C=O) groups is 1. The number of hydrogen-bond donors (Lipinski definition) is 1. The van der Waals surface area contributed by atoms with Crippen molar-refractivity contribution in [2.45, 2.75) is 13.1 Å². The number of hydrogen-bond acceptors (Lipinski definition) is 5. The quantitative estimate of drug-likeness (QED) is 0.823. The summed E-state index contributed by atoms with van der Waals surface area (Å²) in [6.45, 7) is 0.126. The number of ether oxygens (including phenoxy) is 1. The molecule has 1 aromatic carbocycles. The van der Waals surface area contributed by atoms with Crippen molar-refractivity contribution >= 4 is 5.91 Å². The number of benzene rings is 1. The van der Waals surface area contributed by atoms with Crippen LogP contribution in [0.5, 0.6) is 0 Å². The molecule has 0 unspecified atom stereocenters. The second kappa shape index (κ2) is 7.23. The predicted molar refractivity (Wildman–Crippen MR) is 73.7 cm³/mol. The van der Waals surface area contributed by atoms with Crippen LogP contribution in [0.25, 0.3) is 11.5 Å². The number of carbonyl (C=O) groups excluding carboxylic acids is 1. The smallest absolute Gasteiger partial charge is 0.370 e. The largest absolute Gasteiger partial charge is 0.411 e. The van der Waals surface area contributed by atoms with E-state index in [2.05, 4.69) is 20.2 Å². The molecule has 9 heteroatoms. The van der Waals surface area contributed by atoms with Gasteiger partial charge in [0.2, 0.25) is 0 Å². The van der Waals surface area contributed by atoms with E-state index >= 15 is 0 Å². The lowest BCUT2D eigenvalue weighted by Gasteiger charge is -2.08. The molecule has 2 rings (SSSR count). The molecule has 23 heavy (non-hydrogen) atoms. The van der Waals surface area contributed by atoms with E-state index in [9.17, 15) is 18.0 Å². The highest BCUT2D eigenvalue weighted by Gasteiger charge is 2.27. The molecule has 0 saturated heterocycles. The van der Waals surface area contributed by atoms with Gasteiger partial charge in [0, 0.05) is 17.7 Å². The summed E-state index contributed by atoms with van der Waals surface area (Å²) < 4.78 is 45.0. The molecule has 0 aliphatic rings. The Morgan fingerprint density at radius 1 is 1.30 bits per heavy atom. The maximum absolute atomic E-state index is 11.9. The number of halogens is 3. The molecule has 1 amide bonds. The molecule has 0 aliphatic carbocycles. The number of aromatic nitrogens is 2. The third-order valence-electron chi connectivity index (χ3n) is 2.72. The molecule has 1 heterocycles. The van der Waals surface area contributed by atoms with E-state index in [4.69, 9.17) is 4.52 Å². The molecule has 0 bridgehead atoms. The van der Waals surface area contributed by atoms with Gasteiger partial charge >= 0.3 is 6.18 Å². The highest BCUT2D eigenvalue weighted by Crippen LogP contribution is 2.17. The topological polar surface area (TPSA) is 77.2 Å². The molecular weight excluding hydrogens is 315 g/mol. The van der Waals surface area contributed by atoms with Crippen LogP contribution in [0.3, 0.4) is 0 Å². The van der Waals surface area contributed by atoms with Crippen LogP contribution in [-0.2, 0) is 4.74 Å². The van der Waals surface area contributed by atoms with Gasteiger partial charge in [-0.2, -0.15) is 18.2 Å². The van der Waals surface area contributed by atoms with Crippen LogP contribution in [0.15, 0.2) is 28.8 Å². The third-order valence-corrected chi connectivity index (χ3v) is 2.72. The molecule has 0 atom stereocenters. The van der Waals surface area contributed by atoms with E-state index in [0.29, 0.717) is 22.8 Å². The number of aryl methyl sites for hydroxylation is 1. The van der Waals surface area contributed by atoms with Crippen molar-refractivity contribution < 1.29 is 27.2 Å². The first-order valence-corrected chi connectivity index (χ1v) is 6.68. The average molecular weight is 329 g/mol. The minimum Gasteiger partial charge on any atom is -0.370 e. The van der Waals surface area contributed by atoms with E-state index in [0.717, 1.165) is 0 Å². The molecule has 0 saturated carbocycles.